The number of hydrogen-bond acceptors (Lipinski definition) is 5. The zero-order chi connectivity index (χ0) is 11.7. The Morgan fingerprint density at radius 2 is 2.24 bits per heavy atom. The average Bonchev–Trinajstić information content (AvgIpc) is 3.12. The second-order valence-corrected chi connectivity index (χ2v) is 5.76. The quantitative estimate of drug-likeness (QED) is 0.852. The van der Waals surface area contributed by atoms with E-state index in [9.17, 15) is 4.79 Å². The van der Waals surface area contributed by atoms with Crippen LogP contribution in [0.15, 0.2) is 0 Å². The van der Waals surface area contributed by atoms with E-state index in [1.807, 2.05) is 0 Å². The number of carbonyl (C=O) groups is 1. The largest absolute Gasteiger partial charge is 0.316 e. The Kier molecular flexibility index (Phi) is 3.07. The number of rotatable bonds is 3. The van der Waals surface area contributed by atoms with E-state index < -0.39 is 0 Å². The molecule has 3 rings (SSSR count). The summed E-state index contributed by atoms with van der Waals surface area (Å²) in [6.07, 6.45) is 4.39. The van der Waals surface area contributed by atoms with Crippen molar-refractivity contribution in [1.29, 1.82) is 0 Å². The maximum Gasteiger partial charge on any atom is 0.229 e. The number of nitrogens with zero attached hydrogens (tertiary/aromatic N) is 2. The first-order valence-corrected chi connectivity index (χ1v) is 6.99. The van der Waals surface area contributed by atoms with Crippen molar-refractivity contribution in [1.82, 2.24) is 15.5 Å². The molecule has 1 atom stereocenters. The Labute approximate surface area is 104 Å². The summed E-state index contributed by atoms with van der Waals surface area (Å²) in [5.74, 6) is 0.793. The van der Waals surface area contributed by atoms with Crippen LogP contribution in [-0.4, -0.2) is 29.2 Å². The molecular formula is C11H16N4OS. The van der Waals surface area contributed by atoms with Crippen LogP contribution in [0.5, 0.6) is 0 Å². The molecule has 5 nitrogen and oxygen atoms in total. The topological polar surface area (TPSA) is 66.9 Å². The van der Waals surface area contributed by atoms with Gasteiger partial charge in [0.15, 0.2) is 0 Å². The average molecular weight is 252 g/mol. The van der Waals surface area contributed by atoms with Gasteiger partial charge in [0.2, 0.25) is 11.0 Å². The Morgan fingerprint density at radius 3 is 2.94 bits per heavy atom. The third-order valence-corrected chi connectivity index (χ3v) is 4.27. The minimum Gasteiger partial charge on any atom is -0.316 e. The summed E-state index contributed by atoms with van der Waals surface area (Å²) in [6.45, 7) is 2.08. The smallest absolute Gasteiger partial charge is 0.229 e. The molecular weight excluding hydrogens is 236 g/mol. The first-order chi connectivity index (χ1) is 8.33. The van der Waals surface area contributed by atoms with Crippen molar-refractivity contribution < 1.29 is 4.79 Å². The minimum absolute atomic E-state index is 0.106. The lowest BCUT2D eigenvalue weighted by molar-refractivity contribution is -0.117. The Morgan fingerprint density at radius 1 is 1.35 bits per heavy atom. The maximum absolute atomic E-state index is 11.6. The normalized spacial score (nSPS) is 24.6. The van der Waals surface area contributed by atoms with Gasteiger partial charge in [0.05, 0.1) is 0 Å². The fourth-order valence-electron chi connectivity index (χ4n) is 2.07. The molecule has 1 aromatic heterocycles. The van der Waals surface area contributed by atoms with Crippen molar-refractivity contribution in [3.05, 3.63) is 5.01 Å². The number of aromatic nitrogens is 2. The number of carbonyl (C=O) groups excluding carboxylic acids is 1. The number of nitrogens with one attached hydrogen (secondary N) is 2. The molecule has 2 N–H and O–H groups in total. The molecule has 6 heteroatoms. The van der Waals surface area contributed by atoms with E-state index in [-0.39, 0.29) is 11.8 Å². The van der Waals surface area contributed by atoms with Crippen LogP contribution in [0.2, 0.25) is 0 Å². The van der Waals surface area contributed by atoms with Gasteiger partial charge in [-0.05, 0) is 32.2 Å². The highest BCUT2D eigenvalue weighted by atomic mass is 32.1. The Bertz CT molecular complexity index is 409. The number of hydrogen-bond donors (Lipinski definition) is 2. The third kappa shape index (κ3) is 2.63. The molecule has 1 saturated heterocycles. The lowest BCUT2D eigenvalue weighted by atomic mass is 10.0. The van der Waals surface area contributed by atoms with E-state index in [1.54, 1.807) is 0 Å². The number of anilines is 1. The van der Waals surface area contributed by atoms with Crippen molar-refractivity contribution in [2.24, 2.45) is 5.92 Å². The van der Waals surface area contributed by atoms with Crippen LogP contribution in [0.4, 0.5) is 5.13 Å². The van der Waals surface area contributed by atoms with Gasteiger partial charge in [-0.15, -0.1) is 10.2 Å². The lowest BCUT2D eigenvalue weighted by Crippen LogP contribution is -2.28. The van der Waals surface area contributed by atoms with Crippen LogP contribution in [0.1, 0.15) is 36.6 Å². The van der Waals surface area contributed by atoms with Crippen molar-refractivity contribution >= 4 is 22.4 Å². The zero-order valence-corrected chi connectivity index (χ0v) is 10.4. The van der Waals surface area contributed by atoms with E-state index in [4.69, 9.17) is 0 Å². The molecule has 2 aliphatic rings. The molecule has 1 saturated carbocycles. The Hall–Kier alpha value is -1.01. The van der Waals surface area contributed by atoms with Crippen LogP contribution in [-0.2, 0) is 4.79 Å². The van der Waals surface area contributed by atoms with Gasteiger partial charge in [-0.25, -0.2) is 0 Å². The molecule has 92 valence electrons. The molecule has 1 aromatic rings. The molecule has 0 bridgehead atoms. The van der Waals surface area contributed by atoms with Crippen molar-refractivity contribution in [3.63, 3.8) is 0 Å². The SMILES string of the molecule is O=C(Nc1nnc(C2CCCNC2)s1)C1CC1. The van der Waals surface area contributed by atoms with Gasteiger partial charge in [0.25, 0.3) is 0 Å². The first-order valence-electron chi connectivity index (χ1n) is 6.18. The highest BCUT2D eigenvalue weighted by Crippen LogP contribution is 2.32. The van der Waals surface area contributed by atoms with Gasteiger partial charge in [0.1, 0.15) is 5.01 Å². The van der Waals surface area contributed by atoms with E-state index in [1.165, 1.54) is 17.8 Å². The molecule has 1 unspecified atom stereocenters. The zero-order valence-electron chi connectivity index (χ0n) is 9.61. The lowest BCUT2D eigenvalue weighted by Gasteiger charge is -2.19. The van der Waals surface area contributed by atoms with Crippen LogP contribution in [0, 0.1) is 5.92 Å². The fraction of sp³-hybridized carbons (Fsp3) is 0.727. The molecule has 0 aromatic carbocycles. The molecule has 2 fully saturated rings. The summed E-state index contributed by atoms with van der Waals surface area (Å²) < 4.78 is 0. The van der Waals surface area contributed by atoms with E-state index in [0.717, 1.165) is 37.4 Å². The summed E-state index contributed by atoms with van der Waals surface area (Å²) in [5, 5.41) is 16.1. The number of piperidine rings is 1. The highest BCUT2D eigenvalue weighted by molar-refractivity contribution is 7.15. The third-order valence-electron chi connectivity index (χ3n) is 3.27. The molecule has 17 heavy (non-hydrogen) atoms. The number of amides is 1. The summed E-state index contributed by atoms with van der Waals surface area (Å²) >= 11 is 1.52. The molecule has 2 heterocycles. The van der Waals surface area contributed by atoms with Crippen molar-refractivity contribution in [3.8, 4) is 0 Å². The monoisotopic (exact) mass is 252 g/mol. The summed E-state index contributed by atoms with van der Waals surface area (Å²) in [4.78, 5) is 11.6. The standard InChI is InChI=1S/C11H16N4OS/c16-9(7-3-4-7)13-11-15-14-10(17-11)8-2-1-5-12-6-8/h7-8,12H,1-6H2,(H,13,15,16). The Balaban J connectivity index is 1.62. The summed E-state index contributed by atoms with van der Waals surface area (Å²) in [5.41, 5.74) is 0. The second-order valence-electron chi connectivity index (χ2n) is 4.75. The fourth-order valence-corrected chi connectivity index (χ4v) is 2.95. The van der Waals surface area contributed by atoms with E-state index >= 15 is 0 Å². The predicted octanol–water partition coefficient (Wildman–Crippen LogP) is 1.35. The van der Waals surface area contributed by atoms with Gasteiger partial charge < -0.3 is 10.6 Å². The van der Waals surface area contributed by atoms with Crippen LogP contribution in [0.3, 0.4) is 0 Å². The summed E-state index contributed by atoms with van der Waals surface area (Å²) in [6, 6.07) is 0. The molecule has 1 aliphatic heterocycles. The molecule has 0 spiro atoms. The van der Waals surface area contributed by atoms with Gasteiger partial charge in [-0.2, -0.15) is 0 Å². The maximum atomic E-state index is 11.6. The van der Waals surface area contributed by atoms with Crippen LogP contribution >= 0.6 is 11.3 Å². The molecule has 0 radical (unpaired) electrons. The van der Waals surface area contributed by atoms with E-state index in [2.05, 4.69) is 20.8 Å². The molecule has 1 amide bonds. The van der Waals surface area contributed by atoms with Gasteiger partial charge in [-0.1, -0.05) is 11.3 Å². The predicted molar refractivity (Wildman–Crippen MR) is 66.1 cm³/mol. The first kappa shape index (κ1) is 11.1. The van der Waals surface area contributed by atoms with Gasteiger partial charge in [-0.3, -0.25) is 4.79 Å². The van der Waals surface area contributed by atoms with Crippen molar-refractivity contribution in [2.45, 2.75) is 31.6 Å². The van der Waals surface area contributed by atoms with E-state index in [0.29, 0.717) is 11.0 Å². The summed E-state index contributed by atoms with van der Waals surface area (Å²) in [7, 11) is 0. The highest BCUT2D eigenvalue weighted by Gasteiger charge is 2.30. The van der Waals surface area contributed by atoms with Crippen LogP contribution < -0.4 is 10.6 Å². The molecule has 1 aliphatic carbocycles. The minimum atomic E-state index is 0.106. The van der Waals surface area contributed by atoms with Gasteiger partial charge >= 0.3 is 0 Å². The van der Waals surface area contributed by atoms with Gasteiger partial charge in [0, 0.05) is 18.4 Å². The van der Waals surface area contributed by atoms with Crippen molar-refractivity contribution in [2.75, 3.05) is 18.4 Å². The van der Waals surface area contributed by atoms with Crippen LogP contribution in [0.25, 0.3) is 0 Å². The second kappa shape index (κ2) is 4.70.